The minimum Gasteiger partial charge on any atom is -0.424 e. The van der Waals surface area contributed by atoms with Crippen molar-refractivity contribution in [1.29, 1.82) is 0 Å². The number of nitrogens with zero attached hydrogens (tertiary/aromatic N) is 3. The summed E-state index contributed by atoms with van der Waals surface area (Å²) in [6.07, 6.45) is 3.30. The van der Waals surface area contributed by atoms with E-state index in [0.29, 0.717) is 16.8 Å². The normalized spacial score (nSPS) is 10.4. The van der Waals surface area contributed by atoms with Crippen LogP contribution in [-0.2, 0) is 6.54 Å². The fourth-order valence-electron chi connectivity index (χ4n) is 1.57. The third-order valence-electron chi connectivity index (χ3n) is 2.54. The maximum Gasteiger partial charge on any atom is 0.321 e. The standard InChI is InChI=1S/C13H13BrN4O3/c1-2-15-6-9-7-16-13(17-8-9)21-12-4-10(14)3-11(5-12)18(19)20/h3-5,7-8,15H,2,6H2,1H3. The second-order valence-electron chi connectivity index (χ2n) is 4.16. The van der Waals surface area contributed by atoms with Gasteiger partial charge >= 0.3 is 6.01 Å². The van der Waals surface area contributed by atoms with Crippen LogP contribution in [0.1, 0.15) is 12.5 Å². The van der Waals surface area contributed by atoms with Crippen LogP contribution in [0.3, 0.4) is 0 Å². The van der Waals surface area contributed by atoms with Crippen LogP contribution in [-0.4, -0.2) is 21.4 Å². The van der Waals surface area contributed by atoms with Crippen molar-refractivity contribution in [1.82, 2.24) is 15.3 Å². The van der Waals surface area contributed by atoms with Gasteiger partial charge in [0, 0.05) is 35.0 Å². The monoisotopic (exact) mass is 352 g/mol. The number of nitro benzene ring substituents is 1. The van der Waals surface area contributed by atoms with Gasteiger partial charge in [0.05, 0.1) is 11.0 Å². The van der Waals surface area contributed by atoms with Gasteiger partial charge in [0.2, 0.25) is 0 Å². The highest BCUT2D eigenvalue weighted by atomic mass is 79.9. The van der Waals surface area contributed by atoms with Crippen LogP contribution in [0.25, 0.3) is 0 Å². The molecule has 0 atom stereocenters. The Kier molecular flexibility index (Phi) is 5.18. The van der Waals surface area contributed by atoms with Gasteiger partial charge in [-0.1, -0.05) is 22.9 Å². The molecule has 0 saturated heterocycles. The van der Waals surface area contributed by atoms with Crippen molar-refractivity contribution in [3.05, 3.63) is 50.7 Å². The maximum absolute atomic E-state index is 10.8. The van der Waals surface area contributed by atoms with E-state index in [9.17, 15) is 10.1 Å². The summed E-state index contributed by atoms with van der Waals surface area (Å²) in [6.45, 7) is 3.55. The van der Waals surface area contributed by atoms with Crippen molar-refractivity contribution in [2.24, 2.45) is 0 Å². The number of hydrogen-bond donors (Lipinski definition) is 1. The molecule has 0 aliphatic carbocycles. The number of halogens is 1. The van der Waals surface area contributed by atoms with E-state index in [1.807, 2.05) is 6.92 Å². The zero-order chi connectivity index (χ0) is 15.2. The molecule has 1 heterocycles. The largest absolute Gasteiger partial charge is 0.424 e. The van der Waals surface area contributed by atoms with Gasteiger partial charge in [-0.3, -0.25) is 10.1 Å². The molecule has 0 amide bonds. The molecule has 7 nitrogen and oxygen atoms in total. The predicted octanol–water partition coefficient (Wildman–Crippen LogP) is 3.05. The number of ether oxygens (including phenoxy) is 1. The average Bonchev–Trinajstić information content (AvgIpc) is 2.46. The number of non-ortho nitro benzene ring substituents is 1. The predicted molar refractivity (Wildman–Crippen MR) is 80.3 cm³/mol. The number of benzene rings is 1. The molecule has 8 heteroatoms. The third-order valence-corrected chi connectivity index (χ3v) is 2.99. The summed E-state index contributed by atoms with van der Waals surface area (Å²) >= 11 is 3.20. The lowest BCUT2D eigenvalue weighted by Gasteiger charge is -2.05. The maximum atomic E-state index is 10.8. The van der Waals surface area contributed by atoms with E-state index < -0.39 is 4.92 Å². The van der Waals surface area contributed by atoms with Crippen molar-refractivity contribution >= 4 is 21.6 Å². The van der Waals surface area contributed by atoms with E-state index >= 15 is 0 Å². The summed E-state index contributed by atoms with van der Waals surface area (Å²) < 4.78 is 5.98. The fourth-order valence-corrected chi connectivity index (χ4v) is 2.03. The van der Waals surface area contributed by atoms with Gasteiger partial charge in [0.15, 0.2) is 0 Å². The smallest absolute Gasteiger partial charge is 0.321 e. The number of nitro groups is 1. The van der Waals surface area contributed by atoms with Gasteiger partial charge in [-0.05, 0) is 12.6 Å². The Morgan fingerprint density at radius 2 is 2.05 bits per heavy atom. The Labute approximate surface area is 129 Å². The van der Waals surface area contributed by atoms with Crippen LogP contribution in [0.2, 0.25) is 0 Å². The summed E-state index contributed by atoms with van der Waals surface area (Å²) in [5.41, 5.74) is 0.868. The average molecular weight is 353 g/mol. The van der Waals surface area contributed by atoms with Crippen LogP contribution >= 0.6 is 15.9 Å². The zero-order valence-corrected chi connectivity index (χ0v) is 12.8. The zero-order valence-electron chi connectivity index (χ0n) is 11.2. The van der Waals surface area contributed by atoms with E-state index in [0.717, 1.165) is 12.1 Å². The molecule has 1 aromatic carbocycles. The Bertz CT molecular complexity index is 634. The van der Waals surface area contributed by atoms with Crippen LogP contribution in [0.15, 0.2) is 35.1 Å². The second-order valence-corrected chi connectivity index (χ2v) is 5.07. The summed E-state index contributed by atoms with van der Waals surface area (Å²) in [6, 6.07) is 4.47. The van der Waals surface area contributed by atoms with E-state index in [1.54, 1.807) is 18.5 Å². The summed E-state index contributed by atoms with van der Waals surface area (Å²) in [5, 5.41) is 14.0. The second kappa shape index (κ2) is 7.09. The van der Waals surface area contributed by atoms with Crippen molar-refractivity contribution in [3.63, 3.8) is 0 Å². The number of nitrogens with one attached hydrogen (secondary N) is 1. The molecule has 1 aromatic heterocycles. The topological polar surface area (TPSA) is 90.2 Å². The number of hydrogen-bond acceptors (Lipinski definition) is 6. The van der Waals surface area contributed by atoms with Crippen molar-refractivity contribution in [2.75, 3.05) is 6.54 Å². The molecule has 1 N–H and O–H groups in total. The Morgan fingerprint density at radius 1 is 1.33 bits per heavy atom. The molecule has 0 radical (unpaired) electrons. The van der Waals surface area contributed by atoms with Crippen molar-refractivity contribution in [3.8, 4) is 11.8 Å². The molecule has 0 fully saturated rings. The summed E-state index contributed by atoms with van der Waals surface area (Å²) in [5.74, 6) is 0.301. The molecular formula is C13H13BrN4O3. The molecular weight excluding hydrogens is 340 g/mol. The lowest BCUT2D eigenvalue weighted by molar-refractivity contribution is -0.385. The third kappa shape index (κ3) is 4.47. The fraction of sp³-hybridized carbons (Fsp3) is 0.231. The first-order chi connectivity index (χ1) is 10.1. The van der Waals surface area contributed by atoms with Crippen LogP contribution < -0.4 is 10.1 Å². The van der Waals surface area contributed by atoms with Crippen LogP contribution in [0.4, 0.5) is 5.69 Å². The molecule has 21 heavy (non-hydrogen) atoms. The first kappa shape index (κ1) is 15.3. The lowest BCUT2D eigenvalue weighted by atomic mass is 10.3. The van der Waals surface area contributed by atoms with E-state index in [2.05, 4.69) is 31.2 Å². The Morgan fingerprint density at radius 3 is 2.67 bits per heavy atom. The van der Waals surface area contributed by atoms with E-state index in [4.69, 9.17) is 4.74 Å². The minimum atomic E-state index is -0.488. The van der Waals surface area contributed by atoms with Gasteiger partial charge in [-0.25, -0.2) is 9.97 Å². The molecule has 0 spiro atoms. The molecule has 110 valence electrons. The van der Waals surface area contributed by atoms with Crippen LogP contribution in [0.5, 0.6) is 11.8 Å². The highest BCUT2D eigenvalue weighted by Crippen LogP contribution is 2.28. The molecule has 0 aliphatic rings. The van der Waals surface area contributed by atoms with Gasteiger partial charge in [0.25, 0.3) is 5.69 Å². The molecule has 2 aromatic rings. The van der Waals surface area contributed by atoms with Gasteiger partial charge in [-0.2, -0.15) is 0 Å². The van der Waals surface area contributed by atoms with Gasteiger partial charge in [-0.15, -0.1) is 0 Å². The Hall–Kier alpha value is -2.06. The molecule has 0 unspecified atom stereocenters. The highest BCUT2D eigenvalue weighted by molar-refractivity contribution is 9.10. The van der Waals surface area contributed by atoms with Crippen molar-refractivity contribution in [2.45, 2.75) is 13.5 Å². The highest BCUT2D eigenvalue weighted by Gasteiger charge is 2.11. The quantitative estimate of drug-likeness (QED) is 0.634. The first-order valence-electron chi connectivity index (χ1n) is 6.23. The van der Waals surface area contributed by atoms with Crippen molar-refractivity contribution < 1.29 is 9.66 Å². The molecule has 0 bridgehead atoms. The first-order valence-corrected chi connectivity index (χ1v) is 7.02. The number of rotatable bonds is 6. The summed E-state index contributed by atoms with van der Waals surface area (Å²) in [7, 11) is 0. The minimum absolute atomic E-state index is 0.0665. The van der Waals surface area contributed by atoms with Crippen LogP contribution in [0, 0.1) is 10.1 Å². The molecule has 2 rings (SSSR count). The SMILES string of the molecule is CCNCc1cnc(Oc2cc(Br)cc([N+](=O)[O-])c2)nc1. The van der Waals surface area contributed by atoms with Gasteiger partial charge < -0.3 is 10.1 Å². The molecule has 0 saturated carbocycles. The number of aromatic nitrogens is 2. The van der Waals surface area contributed by atoms with E-state index in [-0.39, 0.29) is 11.7 Å². The summed E-state index contributed by atoms with van der Waals surface area (Å²) in [4.78, 5) is 18.5. The molecule has 0 aliphatic heterocycles. The Balaban J connectivity index is 2.12. The van der Waals surface area contributed by atoms with E-state index in [1.165, 1.54) is 12.1 Å². The lowest BCUT2D eigenvalue weighted by Crippen LogP contribution is -2.12. The van der Waals surface area contributed by atoms with Gasteiger partial charge in [0.1, 0.15) is 5.75 Å².